The predicted molar refractivity (Wildman–Crippen MR) is 110 cm³/mol. The maximum Gasteiger partial charge on any atom is 0.343 e. The number of ether oxygens (including phenoxy) is 3. The molecule has 6 heteroatoms. The Morgan fingerprint density at radius 1 is 1.03 bits per heavy atom. The highest BCUT2D eigenvalue weighted by molar-refractivity contribution is 5.91. The van der Waals surface area contributed by atoms with Crippen LogP contribution in [0.3, 0.4) is 0 Å². The van der Waals surface area contributed by atoms with Gasteiger partial charge in [-0.25, -0.2) is 4.79 Å². The van der Waals surface area contributed by atoms with Crippen molar-refractivity contribution in [3.8, 4) is 23.3 Å². The van der Waals surface area contributed by atoms with Gasteiger partial charge >= 0.3 is 5.97 Å². The molecule has 1 atom stereocenters. The zero-order valence-corrected chi connectivity index (χ0v) is 16.2. The third-order valence-corrected chi connectivity index (χ3v) is 4.84. The lowest BCUT2D eigenvalue weighted by atomic mass is 9.83. The van der Waals surface area contributed by atoms with Crippen molar-refractivity contribution in [2.45, 2.75) is 5.92 Å². The van der Waals surface area contributed by atoms with E-state index in [2.05, 4.69) is 6.07 Å². The van der Waals surface area contributed by atoms with Gasteiger partial charge in [-0.05, 0) is 35.9 Å². The maximum atomic E-state index is 12.3. The first-order valence-electron chi connectivity index (χ1n) is 9.23. The molecule has 1 aliphatic rings. The summed E-state index contributed by atoms with van der Waals surface area (Å²) >= 11 is 0. The molecule has 1 aliphatic heterocycles. The number of allylic oxidation sites excluding steroid dienone is 1. The lowest BCUT2D eigenvalue weighted by molar-refractivity contribution is 0.0734. The van der Waals surface area contributed by atoms with Gasteiger partial charge in [0.15, 0.2) is 0 Å². The standard InChI is InChI=1S/C24H18N2O4/c1-28-17-9-5-8-16(12-17)22-19-11-10-18(13-21(19)30-23(26)20(22)14-25)29-24(27)15-6-3-2-4-7-15/h2-13,22H,26H2,1H3. The van der Waals surface area contributed by atoms with E-state index in [4.69, 9.17) is 19.9 Å². The van der Waals surface area contributed by atoms with Gasteiger partial charge in [-0.15, -0.1) is 0 Å². The van der Waals surface area contributed by atoms with Crippen molar-refractivity contribution in [3.05, 3.63) is 101 Å². The predicted octanol–water partition coefficient (Wildman–Crippen LogP) is 4.13. The molecule has 4 rings (SSSR count). The molecule has 0 spiro atoms. The first-order valence-corrected chi connectivity index (χ1v) is 9.23. The van der Waals surface area contributed by atoms with Gasteiger partial charge in [-0.3, -0.25) is 0 Å². The monoisotopic (exact) mass is 398 g/mol. The summed E-state index contributed by atoms with van der Waals surface area (Å²) in [5.74, 6) is 0.539. The second kappa shape index (κ2) is 8.02. The average molecular weight is 398 g/mol. The number of methoxy groups -OCH3 is 1. The molecule has 0 saturated carbocycles. The highest BCUT2D eigenvalue weighted by Gasteiger charge is 2.31. The summed E-state index contributed by atoms with van der Waals surface area (Å²) in [5.41, 5.74) is 8.38. The highest BCUT2D eigenvalue weighted by atomic mass is 16.5. The molecule has 0 amide bonds. The number of nitrogens with zero attached hydrogens (tertiary/aromatic N) is 1. The number of nitriles is 1. The SMILES string of the molecule is COc1cccc(C2C(C#N)=C(N)Oc3cc(OC(=O)c4ccccc4)ccc32)c1. The molecule has 1 heterocycles. The van der Waals surface area contributed by atoms with E-state index >= 15 is 0 Å². The zero-order chi connectivity index (χ0) is 21.1. The minimum absolute atomic E-state index is 0.0179. The van der Waals surface area contributed by atoms with Crippen LogP contribution in [-0.2, 0) is 0 Å². The van der Waals surface area contributed by atoms with Crippen molar-refractivity contribution >= 4 is 5.97 Å². The van der Waals surface area contributed by atoms with Gasteiger partial charge in [0, 0.05) is 11.6 Å². The molecule has 2 N–H and O–H groups in total. The van der Waals surface area contributed by atoms with E-state index in [1.54, 1.807) is 49.6 Å². The summed E-state index contributed by atoms with van der Waals surface area (Å²) in [7, 11) is 1.58. The van der Waals surface area contributed by atoms with Crippen molar-refractivity contribution in [3.63, 3.8) is 0 Å². The molecule has 0 aromatic heterocycles. The fraction of sp³-hybridized carbons (Fsp3) is 0.0833. The molecule has 0 aliphatic carbocycles. The van der Waals surface area contributed by atoms with Crippen LogP contribution in [0.25, 0.3) is 0 Å². The van der Waals surface area contributed by atoms with Gasteiger partial charge in [0.05, 0.1) is 18.6 Å². The van der Waals surface area contributed by atoms with Crippen molar-refractivity contribution in [1.29, 1.82) is 5.26 Å². The lowest BCUT2D eigenvalue weighted by Gasteiger charge is -2.27. The molecule has 1 unspecified atom stereocenters. The number of nitrogens with two attached hydrogens (primary N) is 1. The smallest absolute Gasteiger partial charge is 0.343 e. The van der Waals surface area contributed by atoms with Crippen LogP contribution in [0.15, 0.2) is 84.3 Å². The number of carbonyl (C=O) groups excluding carboxylic acids is 1. The first-order chi connectivity index (χ1) is 14.6. The van der Waals surface area contributed by atoms with Crippen molar-refractivity contribution in [1.82, 2.24) is 0 Å². The van der Waals surface area contributed by atoms with Crippen LogP contribution < -0.4 is 19.9 Å². The van der Waals surface area contributed by atoms with Crippen LogP contribution in [0.1, 0.15) is 27.4 Å². The van der Waals surface area contributed by atoms with Crippen LogP contribution >= 0.6 is 0 Å². The molecule has 0 radical (unpaired) electrons. The largest absolute Gasteiger partial charge is 0.497 e. The Morgan fingerprint density at radius 3 is 2.57 bits per heavy atom. The Labute approximate surface area is 173 Å². The summed E-state index contributed by atoms with van der Waals surface area (Å²) < 4.78 is 16.5. The number of rotatable bonds is 4. The molecule has 3 aromatic carbocycles. The molecule has 6 nitrogen and oxygen atoms in total. The number of hydrogen-bond acceptors (Lipinski definition) is 6. The number of carbonyl (C=O) groups is 1. The topological polar surface area (TPSA) is 94.6 Å². The number of hydrogen-bond donors (Lipinski definition) is 1. The van der Waals surface area contributed by atoms with Crippen molar-refractivity contribution < 1.29 is 19.0 Å². The van der Waals surface area contributed by atoms with E-state index in [9.17, 15) is 10.1 Å². The Kier molecular flexibility index (Phi) is 5.10. The second-order valence-electron chi connectivity index (χ2n) is 6.66. The van der Waals surface area contributed by atoms with E-state index < -0.39 is 11.9 Å². The summed E-state index contributed by atoms with van der Waals surface area (Å²) in [4.78, 5) is 12.3. The fourth-order valence-electron chi connectivity index (χ4n) is 3.40. The van der Waals surface area contributed by atoms with Crippen LogP contribution in [0, 0.1) is 11.3 Å². The van der Waals surface area contributed by atoms with Gasteiger partial charge in [-0.1, -0.05) is 36.4 Å². The summed E-state index contributed by atoms with van der Waals surface area (Å²) in [6.07, 6.45) is 0. The van der Waals surface area contributed by atoms with Gasteiger partial charge in [-0.2, -0.15) is 5.26 Å². The summed E-state index contributed by atoms with van der Waals surface area (Å²) in [6, 6.07) is 23.3. The lowest BCUT2D eigenvalue weighted by Crippen LogP contribution is -2.21. The third-order valence-electron chi connectivity index (χ3n) is 4.84. The minimum atomic E-state index is -0.475. The quantitative estimate of drug-likeness (QED) is 0.524. The van der Waals surface area contributed by atoms with Gasteiger partial charge in [0.25, 0.3) is 0 Å². The summed E-state index contributed by atoms with van der Waals surface area (Å²) in [6.45, 7) is 0. The summed E-state index contributed by atoms with van der Waals surface area (Å²) in [5, 5.41) is 9.68. The second-order valence-corrected chi connectivity index (χ2v) is 6.66. The van der Waals surface area contributed by atoms with E-state index in [0.717, 1.165) is 11.1 Å². The molecule has 0 fully saturated rings. The molecule has 30 heavy (non-hydrogen) atoms. The zero-order valence-electron chi connectivity index (χ0n) is 16.2. The Hall–Kier alpha value is -4.24. The van der Waals surface area contributed by atoms with E-state index in [1.807, 2.05) is 30.3 Å². The molecular weight excluding hydrogens is 380 g/mol. The third kappa shape index (κ3) is 3.56. The number of benzene rings is 3. The van der Waals surface area contributed by atoms with Gasteiger partial charge in [0.2, 0.25) is 5.88 Å². The number of fused-ring (bicyclic) bond motifs is 1. The Morgan fingerprint density at radius 2 is 1.83 bits per heavy atom. The van der Waals surface area contributed by atoms with E-state index in [0.29, 0.717) is 28.4 Å². The first kappa shape index (κ1) is 19.1. The molecule has 148 valence electrons. The van der Waals surface area contributed by atoms with Crippen LogP contribution in [0.5, 0.6) is 17.2 Å². The fourth-order valence-corrected chi connectivity index (χ4v) is 3.40. The van der Waals surface area contributed by atoms with Crippen LogP contribution in [0.2, 0.25) is 0 Å². The van der Waals surface area contributed by atoms with Gasteiger partial charge in [0.1, 0.15) is 28.9 Å². The number of esters is 1. The van der Waals surface area contributed by atoms with Crippen molar-refractivity contribution in [2.24, 2.45) is 5.73 Å². The van der Waals surface area contributed by atoms with Crippen LogP contribution in [-0.4, -0.2) is 13.1 Å². The molecule has 3 aromatic rings. The Bertz CT molecular complexity index is 1180. The Balaban J connectivity index is 1.71. The molecular formula is C24H18N2O4. The van der Waals surface area contributed by atoms with E-state index in [1.165, 1.54) is 0 Å². The normalized spacial score (nSPS) is 14.9. The minimum Gasteiger partial charge on any atom is -0.497 e. The maximum absolute atomic E-state index is 12.3. The highest BCUT2D eigenvalue weighted by Crippen LogP contribution is 2.44. The molecule has 0 saturated heterocycles. The average Bonchev–Trinajstić information content (AvgIpc) is 2.78. The van der Waals surface area contributed by atoms with Crippen LogP contribution in [0.4, 0.5) is 0 Å². The van der Waals surface area contributed by atoms with Crippen molar-refractivity contribution in [2.75, 3.05) is 7.11 Å². The van der Waals surface area contributed by atoms with E-state index in [-0.39, 0.29) is 5.88 Å². The molecule has 0 bridgehead atoms. The van der Waals surface area contributed by atoms with Gasteiger partial charge < -0.3 is 19.9 Å².